The molecule has 0 amide bonds. The largest absolute Gasteiger partial charge is 0.293 e. The highest BCUT2D eigenvalue weighted by molar-refractivity contribution is 8.15. The Morgan fingerprint density at radius 1 is 1.14 bits per heavy atom. The van der Waals surface area contributed by atoms with Gasteiger partial charge in [-0.25, -0.2) is 0 Å². The number of rotatable bonds is 3. The van der Waals surface area contributed by atoms with Crippen molar-refractivity contribution in [2.45, 2.75) is 6.42 Å². The monoisotopic (exact) mass is 349 g/mol. The van der Waals surface area contributed by atoms with E-state index in [0.717, 1.165) is 23.6 Å². The van der Waals surface area contributed by atoms with Crippen molar-refractivity contribution in [2.24, 2.45) is 4.99 Å². The fourth-order valence-corrected chi connectivity index (χ4v) is 3.59. The molecule has 0 fully saturated rings. The van der Waals surface area contributed by atoms with Crippen LogP contribution in [0, 0.1) is 0 Å². The van der Waals surface area contributed by atoms with Crippen LogP contribution in [0.25, 0.3) is 0 Å². The summed E-state index contributed by atoms with van der Waals surface area (Å²) < 4.78 is 0. The number of fused-ring (bicyclic) bond motifs is 1. The summed E-state index contributed by atoms with van der Waals surface area (Å²) >= 11 is 13.3. The van der Waals surface area contributed by atoms with E-state index in [9.17, 15) is 4.79 Å². The smallest absolute Gasteiger partial charge is 0.173 e. The Hall–Kier alpha value is -1.29. The van der Waals surface area contributed by atoms with Gasteiger partial charge in [0.25, 0.3) is 0 Å². The van der Waals surface area contributed by atoms with E-state index < -0.39 is 0 Å². The molecule has 0 aliphatic carbocycles. The van der Waals surface area contributed by atoms with Crippen LogP contribution in [0.15, 0.2) is 47.5 Å². The van der Waals surface area contributed by atoms with Crippen molar-refractivity contribution in [2.75, 3.05) is 12.3 Å². The molecule has 0 aromatic heterocycles. The Morgan fingerprint density at radius 3 is 2.77 bits per heavy atom. The lowest BCUT2D eigenvalue weighted by Gasteiger charge is -2.15. The van der Waals surface area contributed by atoms with Gasteiger partial charge in [0.15, 0.2) is 5.78 Å². The zero-order valence-corrected chi connectivity index (χ0v) is 14.0. The molecule has 0 atom stereocenters. The Labute approximate surface area is 143 Å². The molecule has 1 heterocycles. The number of benzene rings is 2. The van der Waals surface area contributed by atoms with Crippen molar-refractivity contribution in [3.05, 3.63) is 69.2 Å². The zero-order valence-electron chi connectivity index (χ0n) is 11.7. The molecular weight excluding hydrogens is 337 g/mol. The second kappa shape index (κ2) is 6.86. The van der Waals surface area contributed by atoms with Gasteiger partial charge in [-0.15, -0.1) is 0 Å². The van der Waals surface area contributed by atoms with Crippen molar-refractivity contribution in [1.29, 1.82) is 0 Å². The third kappa shape index (κ3) is 3.37. The highest BCUT2D eigenvalue weighted by Gasteiger charge is 2.16. The van der Waals surface area contributed by atoms with E-state index in [1.165, 1.54) is 17.3 Å². The van der Waals surface area contributed by atoms with Crippen LogP contribution in [0.2, 0.25) is 10.0 Å². The summed E-state index contributed by atoms with van der Waals surface area (Å²) in [5.41, 5.74) is 3.01. The van der Waals surface area contributed by atoms with Crippen LogP contribution in [-0.4, -0.2) is 23.1 Å². The molecule has 22 heavy (non-hydrogen) atoms. The van der Waals surface area contributed by atoms with Gasteiger partial charge in [-0.05, 0) is 30.2 Å². The van der Waals surface area contributed by atoms with E-state index in [2.05, 4.69) is 17.1 Å². The summed E-state index contributed by atoms with van der Waals surface area (Å²) in [5, 5.41) is 1.80. The predicted molar refractivity (Wildman–Crippen MR) is 94.8 cm³/mol. The molecule has 2 aromatic carbocycles. The quantitative estimate of drug-likeness (QED) is 0.736. The molecular formula is C17H13Cl2NOS. The van der Waals surface area contributed by atoms with E-state index in [1.54, 1.807) is 18.2 Å². The fourth-order valence-electron chi connectivity index (χ4n) is 2.32. The van der Waals surface area contributed by atoms with Crippen molar-refractivity contribution in [3.8, 4) is 0 Å². The number of carbonyl (C=O) groups excluding carboxylic acids is 1. The number of thioether (sulfide) groups is 1. The molecule has 5 heteroatoms. The second-order valence-corrected chi connectivity index (χ2v) is 6.71. The average molecular weight is 350 g/mol. The fraction of sp³-hybridized carbons (Fsp3) is 0.176. The maximum atomic E-state index is 12.3. The number of carbonyl (C=O) groups is 1. The van der Waals surface area contributed by atoms with Crippen LogP contribution in [0.1, 0.15) is 21.5 Å². The number of aliphatic imine (C=N–C) groups is 1. The SMILES string of the molecule is O=C(CSC1=NCCc2ccccc21)c1ccc(Cl)c(Cl)c1. The van der Waals surface area contributed by atoms with Crippen LogP contribution in [-0.2, 0) is 6.42 Å². The van der Waals surface area contributed by atoms with Gasteiger partial charge in [0.2, 0.25) is 0 Å². The summed E-state index contributed by atoms with van der Waals surface area (Å²) in [6.07, 6.45) is 0.959. The molecule has 2 aromatic rings. The first-order valence-electron chi connectivity index (χ1n) is 6.89. The minimum atomic E-state index is 0.0225. The van der Waals surface area contributed by atoms with Crippen molar-refractivity contribution in [1.82, 2.24) is 0 Å². The highest BCUT2D eigenvalue weighted by Crippen LogP contribution is 2.25. The summed E-state index contributed by atoms with van der Waals surface area (Å²) in [5.74, 6) is 0.361. The molecule has 0 N–H and O–H groups in total. The average Bonchev–Trinajstić information content (AvgIpc) is 2.55. The number of halogens is 2. The minimum absolute atomic E-state index is 0.0225. The topological polar surface area (TPSA) is 29.4 Å². The number of ketones is 1. The van der Waals surface area contributed by atoms with E-state index in [1.807, 2.05) is 12.1 Å². The van der Waals surface area contributed by atoms with Gasteiger partial charge < -0.3 is 0 Å². The van der Waals surface area contributed by atoms with Crippen molar-refractivity contribution < 1.29 is 4.79 Å². The number of hydrogen-bond donors (Lipinski definition) is 0. The van der Waals surface area contributed by atoms with Gasteiger partial charge >= 0.3 is 0 Å². The van der Waals surface area contributed by atoms with Gasteiger partial charge in [0.1, 0.15) is 0 Å². The molecule has 0 saturated heterocycles. The van der Waals surface area contributed by atoms with Crippen LogP contribution in [0.5, 0.6) is 0 Å². The number of hydrogen-bond acceptors (Lipinski definition) is 3. The lowest BCUT2D eigenvalue weighted by Crippen LogP contribution is -2.12. The summed E-state index contributed by atoms with van der Waals surface area (Å²) in [6.45, 7) is 0.778. The van der Waals surface area contributed by atoms with Gasteiger partial charge in [-0.1, -0.05) is 59.2 Å². The Morgan fingerprint density at radius 2 is 1.95 bits per heavy atom. The van der Waals surface area contributed by atoms with E-state index in [4.69, 9.17) is 23.2 Å². The van der Waals surface area contributed by atoms with Gasteiger partial charge in [0, 0.05) is 17.7 Å². The Bertz CT molecular complexity index is 758. The van der Waals surface area contributed by atoms with Crippen LogP contribution >= 0.6 is 35.0 Å². The lowest BCUT2D eigenvalue weighted by molar-refractivity contribution is 0.102. The predicted octanol–water partition coefficient (Wildman–Crippen LogP) is 4.91. The van der Waals surface area contributed by atoms with Crippen LogP contribution in [0.3, 0.4) is 0 Å². The van der Waals surface area contributed by atoms with Crippen molar-refractivity contribution in [3.63, 3.8) is 0 Å². The molecule has 1 aliphatic rings. The number of Topliss-reactive ketones (excluding diaryl/α,β-unsaturated/α-hetero) is 1. The standard InChI is InChI=1S/C17H13Cl2NOS/c18-14-6-5-12(9-15(14)19)16(21)10-22-17-13-4-2-1-3-11(13)7-8-20-17/h1-6,9H,7-8,10H2. The maximum Gasteiger partial charge on any atom is 0.173 e. The highest BCUT2D eigenvalue weighted by atomic mass is 35.5. The molecule has 112 valence electrons. The molecule has 0 spiro atoms. The normalized spacial score (nSPS) is 13.5. The Kier molecular flexibility index (Phi) is 4.87. The second-order valence-electron chi connectivity index (χ2n) is 4.93. The summed E-state index contributed by atoms with van der Waals surface area (Å²) in [4.78, 5) is 16.8. The molecule has 0 bridgehead atoms. The van der Waals surface area contributed by atoms with E-state index in [-0.39, 0.29) is 5.78 Å². The van der Waals surface area contributed by atoms with Gasteiger partial charge in [0.05, 0.1) is 20.8 Å². The molecule has 0 saturated carbocycles. The van der Waals surface area contributed by atoms with Crippen LogP contribution < -0.4 is 0 Å². The van der Waals surface area contributed by atoms with Gasteiger partial charge in [-0.2, -0.15) is 0 Å². The van der Waals surface area contributed by atoms with Gasteiger partial charge in [-0.3, -0.25) is 9.79 Å². The third-order valence-electron chi connectivity index (χ3n) is 3.47. The third-order valence-corrected chi connectivity index (χ3v) is 5.23. The van der Waals surface area contributed by atoms with E-state index >= 15 is 0 Å². The molecule has 1 aliphatic heterocycles. The zero-order chi connectivity index (χ0) is 15.5. The molecule has 2 nitrogen and oxygen atoms in total. The van der Waals surface area contributed by atoms with Crippen LogP contribution in [0.4, 0.5) is 0 Å². The molecule has 0 unspecified atom stereocenters. The summed E-state index contributed by atoms with van der Waals surface area (Å²) in [7, 11) is 0. The number of nitrogens with zero attached hydrogens (tertiary/aromatic N) is 1. The van der Waals surface area contributed by atoms with Crippen molar-refractivity contribution >= 4 is 45.8 Å². The minimum Gasteiger partial charge on any atom is -0.293 e. The molecule has 3 rings (SSSR count). The lowest BCUT2D eigenvalue weighted by atomic mass is 10.0. The summed E-state index contributed by atoms with van der Waals surface area (Å²) in [6, 6.07) is 13.2. The first-order chi connectivity index (χ1) is 10.6. The maximum absolute atomic E-state index is 12.3. The first-order valence-corrected chi connectivity index (χ1v) is 8.63. The van der Waals surface area contributed by atoms with E-state index in [0.29, 0.717) is 21.4 Å². The molecule has 0 radical (unpaired) electrons. The first kappa shape index (κ1) is 15.6. The Balaban J connectivity index is 1.71.